The van der Waals surface area contributed by atoms with Crippen LogP contribution in [0.3, 0.4) is 0 Å². The lowest BCUT2D eigenvalue weighted by molar-refractivity contribution is 0.0938. The van der Waals surface area contributed by atoms with Crippen molar-refractivity contribution in [2.45, 2.75) is 46.2 Å². The van der Waals surface area contributed by atoms with Crippen LogP contribution in [0.4, 0.5) is 0 Å². The summed E-state index contributed by atoms with van der Waals surface area (Å²) < 4.78 is 5.06. The molecule has 0 radical (unpaired) electrons. The molecule has 0 aromatic heterocycles. The lowest BCUT2D eigenvalue weighted by Gasteiger charge is -2.40. The smallest absolute Gasteiger partial charge is 0.0474 e. The highest BCUT2D eigenvalue weighted by Crippen LogP contribution is 2.25. The molecular weight excluding hydrogens is 188 g/mol. The number of ether oxygens (including phenoxy) is 1. The summed E-state index contributed by atoms with van der Waals surface area (Å²) in [4.78, 5) is 2.35. The molecule has 0 saturated heterocycles. The Morgan fingerprint density at radius 2 is 1.87 bits per heavy atom. The molecule has 0 aromatic carbocycles. The van der Waals surface area contributed by atoms with Crippen LogP contribution in [0.5, 0.6) is 0 Å². The second kappa shape index (κ2) is 6.46. The van der Waals surface area contributed by atoms with Gasteiger partial charge in [0.15, 0.2) is 0 Å². The van der Waals surface area contributed by atoms with Crippen LogP contribution in [0.15, 0.2) is 0 Å². The first kappa shape index (κ1) is 14.9. The van der Waals surface area contributed by atoms with Gasteiger partial charge in [-0.2, -0.15) is 0 Å². The number of hydrogen-bond acceptors (Lipinski definition) is 3. The predicted octanol–water partition coefficient (Wildman–Crippen LogP) is 1.72. The Kier molecular flexibility index (Phi) is 6.41. The molecule has 0 aromatic rings. The Morgan fingerprint density at radius 1 is 1.33 bits per heavy atom. The molecule has 3 nitrogen and oxygen atoms in total. The van der Waals surface area contributed by atoms with E-state index in [1.54, 1.807) is 7.11 Å². The van der Waals surface area contributed by atoms with Crippen LogP contribution in [0, 0.1) is 5.41 Å². The van der Waals surface area contributed by atoms with Gasteiger partial charge in [-0.25, -0.2) is 0 Å². The topological polar surface area (TPSA) is 38.5 Å². The Labute approximate surface area is 95.0 Å². The largest absolute Gasteiger partial charge is 0.385 e. The van der Waals surface area contributed by atoms with Crippen molar-refractivity contribution < 1.29 is 4.74 Å². The highest BCUT2D eigenvalue weighted by Gasteiger charge is 2.30. The van der Waals surface area contributed by atoms with Gasteiger partial charge in [-0.15, -0.1) is 0 Å². The zero-order valence-electron chi connectivity index (χ0n) is 11.2. The molecule has 0 heterocycles. The monoisotopic (exact) mass is 216 g/mol. The zero-order valence-corrected chi connectivity index (χ0v) is 11.2. The Hall–Kier alpha value is -0.120. The van der Waals surface area contributed by atoms with Crippen molar-refractivity contribution in [1.29, 1.82) is 0 Å². The summed E-state index contributed by atoms with van der Waals surface area (Å²) in [6, 6.07) is 0.604. The average molecular weight is 216 g/mol. The van der Waals surface area contributed by atoms with Gasteiger partial charge >= 0.3 is 0 Å². The van der Waals surface area contributed by atoms with Crippen molar-refractivity contribution in [2.75, 3.05) is 27.3 Å². The van der Waals surface area contributed by atoms with Crippen molar-refractivity contribution in [3.8, 4) is 0 Å². The van der Waals surface area contributed by atoms with Crippen molar-refractivity contribution in [1.82, 2.24) is 4.90 Å². The minimum Gasteiger partial charge on any atom is -0.385 e. The maximum atomic E-state index is 6.06. The summed E-state index contributed by atoms with van der Waals surface area (Å²) in [5.74, 6) is 0. The van der Waals surface area contributed by atoms with Gasteiger partial charge in [0.25, 0.3) is 0 Å². The highest BCUT2D eigenvalue weighted by atomic mass is 16.5. The summed E-state index contributed by atoms with van der Waals surface area (Å²) in [6.45, 7) is 10.7. The maximum Gasteiger partial charge on any atom is 0.0474 e. The molecule has 0 amide bonds. The van der Waals surface area contributed by atoms with Crippen molar-refractivity contribution >= 4 is 0 Å². The molecule has 3 heteroatoms. The van der Waals surface area contributed by atoms with E-state index in [1.807, 2.05) is 0 Å². The van der Waals surface area contributed by atoms with Crippen LogP contribution in [0.2, 0.25) is 0 Å². The minimum atomic E-state index is 0.192. The quantitative estimate of drug-likeness (QED) is 0.687. The van der Waals surface area contributed by atoms with E-state index >= 15 is 0 Å². The van der Waals surface area contributed by atoms with E-state index < -0.39 is 0 Å². The third-order valence-electron chi connectivity index (χ3n) is 2.72. The maximum absolute atomic E-state index is 6.06. The van der Waals surface area contributed by atoms with Gasteiger partial charge in [-0.05, 0) is 25.8 Å². The average Bonchev–Trinajstić information content (AvgIpc) is 2.00. The van der Waals surface area contributed by atoms with Gasteiger partial charge in [-0.3, -0.25) is 0 Å². The summed E-state index contributed by atoms with van der Waals surface area (Å²) in [7, 11) is 3.89. The van der Waals surface area contributed by atoms with Crippen LogP contribution in [-0.2, 0) is 4.74 Å². The standard InChI is InChI=1S/C12H28N2O/c1-10(13)11(12(2,3)4)14(5)8-7-9-15-6/h10-11H,7-9,13H2,1-6H3. The first-order valence-corrected chi connectivity index (χ1v) is 5.75. The first-order valence-electron chi connectivity index (χ1n) is 5.75. The lowest BCUT2D eigenvalue weighted by atomic mass is 9.82. The fourth-order valence-corrected chi connectivity index (χ4v) is 2.45. The SMILES string of the molecule is COCCCN(C)C(C(C)N)C(C)(C)C. The second-order valence-electron chi connectivity index (χ2n) is 5.50. The van der Waals surface area contributed by atoms with E-state index in [2.05, 4.69) is 39.6 Å². The molecule has 0 aliphatic heterocycles. The van der Waals surface area contributed by atoms with E-state index in [4.69, 9.17) is 10.5 Å². The summed E-state index contributed by atoms with van der Waals surface area (Å²) in [5.41, 5.74) is 6.27. The fourth-order valence-electron chi connectivity index (χ4n) is 2.45. The molecule has 0 rings (SSSR count). The van der Waals surface area contributed by atoms with Gasteiger partial charge < -0.3 is 15.4 Å². The number of rotatable bonds is 6. The minimum absolute atomic E-state index is 0.192. The normalized spacial score (nSPS) is 16.8. The summed E-state index contributed by atoms with van der Waals surface area (Å²) in [6.07, 6.45) is 1.06. The van der Waals surface area contributed by atoms with Gasteiger partial charge in [0.2, 0.25) is 0 Å². The molecule has 0 aliphatic carbocycles. The van der Waals surface area contributed by atoms with Gasteiger partial charge in [0.05, 0.1) is 0 Å². The van der Waals surface area contributed by atoms with Crippen molar-refractivity contribution in [3.05, 3.63) is 0 Å². The highest BCUT2D eigenvalue weighted by molar-refractivity contribution is 4.87. The molecule has 0 fully saturated rings. The van der Waals surface area contributed by atoms with Crippen LogP contribution >= 0.6 is 0 Å². The van der Waals surface area contributed by atoms with E-state index in [9.17, 15) is 0 Å². The molecule has 92 valence electrons. The molecule has 0 aliphatic rings. The third kappa shape index (κ3) is 5.50. The van der Waals surface area contributed by atoms with Crippen molar-refractivity contribution in [2.24, 2.45) is 11.1 Å². The van der Waals surface area contributed by atoms with Gasteiger partial charge in [0.1, 0.15) is 0 Å². The molecular formula is C12H28N2O. The predicted molar refractivity (Wildman–Crippen MR) is 66.0 cm³/mol. The molecule has 0 saturated carbocycles. The molecule has 2 N–H and O–H groups in total. The van der Waals surface area contributed by atoms with Gasteiger partial charge in [0, 0.05) is 32.3 Å². The Balaban J connectivity index is 4.24. The number of nitrogens with two attached hydrogens (primary N) is 1. The zero-order chi connectivity index (χ0) is 12.1. The number of likely N-dealkylation sites (N-methyl/N-ethyl adjacent to an activating group) is 1. The van der Waals surface area contributed by atoms with E-state index in [0.29, 0.717) is 6.04 Å². The number of hydrogen-bond donors (Lipinski definition) is 1. The first-order chi connectivity index (χ1) is 6.80. The van der Waals surface area contributed by atoms with E-state index in [0.717, 1.165) is 19.6 Å². The second-order valence-corrected chi connectivity index (χ2v) is 5.50. The lowest BCUT2D eigenvalue weighted by Crippen LogP contribution is -2.52. The number of methoxy groups -OCH3 is 1. The molecule has 2 atom stereocenters. The van der Waals surface area contributed by atoms with Crippen LogP contribution < -0.4 is 5.73 Å². The van der Waals surface area contributed by atoms with E-state index in [1.165, 1.54) is 0 Å². The van der Waals surface area contributed by atoms with Crippen LogP contribution in [0.1, 0.15) is 34.1 Å². The molecule has 0 spiro atoms. The Bertz CT molecular complexity index is 163. The molecule has 15 heavy (non-hydrogen) atoms. The fraction of sp³-hybridized carbons (Fsp3) is 1.00. The third-order valence-corrected chi connectivity index (χ3v) is 2.72. The van der Waals surface area contributed by atoms with Crippen LogP contribution in [0.25, 0.3) is 0 Å². The molecule has 2 unspecified atom stereocenters. The Morgan fingerprint density at radius 3 is 2.20 bits per heavy atom. The summed E-state index contributed by atoms with van der Waals surface area (Å²) in [5, 5.41) is 0. The van der Waals surface area contributed by atoms with Gasteiger partial charge in [-0.1, -0.05) is 20.8 Å². The molecule has 0 bridgehead atoms. The van der Waals surface area contributed by atoms with E-state index in [-0.39, 0.29) is 11.5 Å². The summed E-state index contributed by atoms with van der Waals surface area (Å²) >= 11 is 0. The number of nitrogens with zero attached hydrogens (tertiary/aromatic N) is 1. The van der Waals surface area contributed by atoms with Crippen LogP contribution in [-0.4, -0.2) is 44.3 Å². The van der Waals surface area contributed by atoms with Crippen molar-refractivity contribution in [3.63, 3.8) is 0 Å².